The van der Waals surface area contributed by atoms with Gasteiger partial charge in [0.15, 0.2) is 0 Å². The predicted molar refractivity (Wildman–Crippen MR) is 72.2 cm³/mol. The fourth-order valence-electron chi connectivity index (χ4n) is 1.55. The normalized spacial score (nSPS) is 9.76. The van der Waals surface area contributed by atoms with Gasteiger partial charge in [0.25, 0.3) is 0 Å². The minimum absolute atomic E-state index is 0. The van der Waals surface area contributed by atoms with Crippen LogP contribution in [-0.2, 0) is 25.8 Å². The largest absolute Gasteiger partial charge is 0.213 e. The van der Waals surface area contributed by atoms with Crippen molar-refractivity contribution in [3.63, 3.8) is 0 Å². The van der Waals surface area contributed by atoms with Crippen LogP contribution in [-0.4, -0.2) is 0 Å². The van der Waals surface area contributed by atoms with Crippen LogP contribution >= 0.6 is 0 Å². The summed E-state index contributed by atoms with van der Waals surface area (Å²) in [5, 5.41) is 0. The molecule has 0 radical (unpaired) electrons. The fourth-order valence-corrected chi connectivity index (χ4v) is 1.55. The summed E-state index contributed by atoms with van der Waals surface area (Å²) in [6, 6.07) is 16.9. The Morgan fingerprint density at radius 1 is 0.588 bits per heavy atom. The maximum absolute atomic E-state index is 2.20. The Morgan fingerprint density at radius 2 is 0.824 bits per heavy atom. The van der Waals surface area contributed by atoms with Gasteiger partial charge in [0.05, 0.1) is 0 Å². The number of hydrogen-bond donors (Lipinski definition) is 0. The second-order valence-corrected chi connectivity index (χ2v) is 4.75. The van der Waals surface area contributed by atoms with Gasteiger partial charge in [0.1, 0.15) is 0 Å². The SMILES string of the molecule is CC(C)[c-]1cccc1.CC(C)[c-]1cccc1.[Hf]. The molecule has 0 aromatic heterocycles. The quantitative estimate of drug-likeness (QED) is 0.495. The molecule has 0 N–H and O–H groups in total. The van der Waals surface area contributed by atoms with E-state index in [2.05, 4.69) is 76.2 Å². The molecule has 92 valence electrons. The zero-order valence-corrected chi connectivity index (χ0v) is 14.9. The van der Waals surface area contributed by atoms with Gasteiger partial charge in [-0.3, -0.25) is 0 Å². The average molecular weight is 393 g/mol. The van der Waals surface area contributed by atoms with Crippen molar-refractivity contribution in [1.29, 1.82) is 0 Å². The van der Waals surface area contributed by atoms with E-state index in [0.29, 0.717) is 11.8 Å². The number of hydrogen-bond acceptors (Lipinski definition) is 0. The van der Waals surface area contributed by atoms with E-state index in [1.807, 2.05) is 0 Å². The van der Waals surface area contributed by atoms with E-state index in [1.54, 1.807) is 0 Å². The van der Waals surface area contributed by atoms with Crippen molar-refractivity contribution in [2.24, 2.45) is 0 Å². The standard InChI is InChI=1S/2C8H11.Hf/c2*1-7(2)8-5-3-4-6-8;/h2*3-7H,1-2H3;/q2*-1;. The van der Waals surface area contributed by atoms with Crippen LogP contribution in [0.1, 0.15) is 50.7 Å². The molecule has 0 unspecified atom stereocenters. The Labute approximate surface area is 125 Å². The van der Waals surface area contributed by atoms with Crippen LogP contribution in [0.25, 0.3) is 0 Å². The molecule has 0 saturated carbocycles. The van der Waals surface area contributed by atoms with Crippen LogP contribution in [0.2, 0.25) is 0 Å². The zero-order valence-electron chi connectivity index (χ0n) is 11.3. The molecular formula is C16H22Hf-2. The second-order valence-electron chi connectivity index (χ2n) is 4.75. The summed E-state index contributed by atoms with van der Waals surface area (Å²) in [7, 11) is 0. The molecule has 0 aliphatic rings. The van der Waals surface area contributed by atoms with E-state index in [-0.39, 0.29) is 25.8 Å². The molecule has 1 heteroatoms. The molecular weight excluding hydrogens is 371 g/mol. The van der Waals surface area contributed by atoms with Crippen molar-refractivity contribution in [3.8, 4) is 0 Å². The Balaban J connectivity index is 0.000000284. The summed E-state index contributed by atoms with van der Waals surface area (Å²) in [6.45, 7) is 8.81. The molecule has 0 bridgehead atoms. The molecule has 0 saturated heterocycles. The molecule has 2 rings (SSSR count). The molecule has 0 heterocycles. The first kappa shape index (κ1) is 16.6. The minimum Gasteiger partial charge on any atom is -0.213 e. The van der Waals surface area contributed by atoms with Gasteiger partial charge in [-0.05, 0) is 0 Å². The van der Waals surface area contributed by atoms with Crippen molar-refractivity contribution >= 4 is 0 Å². The topological polar surface area (TPSA) is 0 Å². The predicted octanol–water partition coefficient (Wildman–Crippen LogP) is 5.06. The van der Waals surface area contributed by atoms with E-state index in [0.717, 1.165) is 0 Å². The molecule has 2 aromatic carbocycles. The van der Waals surface area contributed by atoms with E-state index in [4.69, 9.17) is 0 Å². The first-order chi connectivity index (χ1) is 7.61. The number of rotatable bonds is 2. The van der Waals surface area contributed by atoms with Crippen molar-refractivity contribution in [1.82, 2.24) is 0 Å². The Hall–Kier alpha value is -0.430. The summed E-state index contributed by atoms with van der Waals surface area (Å²) in [5.41, 5.74) is 2.87. The Kier molecular flexibility index (Phi) is 8.41. The third kappa shape index (κ3) is 6.16. The Bertz CT molecular complexity index is 314. The smallest absolute Gasteiger partial charge is 0 e. The molecule has 0 aliphatic carbocycles. The molecule has 0 amide bonds. The first-order valence-electron chi connectivity index (χ1n) is 6.04. The van der Waals surface area contributed by atoms with Gasteiger partial charge in [-0.15, -0.1) is 0 Å². The van der Waals surface area contributed by atoms with Gasteiger partial charge in [0.2, 0.25) is 0 Å². The van der Waals surface area contributed by atoms with Crippen LogP contribution in [0.15, 0.2) is 48.5 Å². The third-order valence-corrected chi connectivity index (χ3v) is 2.71. The Morgan fingerprint density at radius 3 is 0.941 bits per heavy atom. The first-order valence-corrected chi connectivity index (χ1v) is 6.04. The molecule has 17 heavy (non-hydrogen) atoms. The van der Waals surface area contributed by atoms with Gasteiger partial charge in [-0.25, -0.2) is 24.3 Å². The van der Waals surface area contributed by atoms with Crippen molar-refractivity contribution < 1.29 is 25.8 Å². The van der Waals surface area contributed by atoms with E-state index < -0.39 is 0 Å². The zero-order chi connectivity index (χ0) is 12.0. The maximum Gasteiger partial charge on any atom is 0 e. The van der Waals surface area contributed by atoms with E-state index in [1.165, 1.54) is 11.1 Å². The van der Waals surface area contributed by atoms with Gasteiger partial charge in [0, 0.05) is 25.8 Å². The summed E-state index contributed by atoms with van der Waals surface area (Å²) in [5.74, 6) is 1.37. The van der Waals surface area contributed by atoms with Crippen molar-refractivity contribution in [2.75, 3.05) is 0 Å². The van der Waals surface area contributed by atoms with Gasteiger partial charge >= 0.3 is 0 Å². The molecule has 2 aromatic rings. The molecule has 0 nitrogen and oxygen atoms in total. The van der Waals surface area contributed by atoms with Crippen LogP contribution < -0.4 is 0 Å². The third-order valence-electron chi connectivity index (χ3n) is 2.71. The van der Waals surface area contributed by atoms with Gasteiger partial charge in [-0.2, -0.15) is 35.4 Å². The summed E-state index contributed by atoms with van der Waals surface area (Å²) < 4.78 is 0. The maximum atomic E-state index is 2.20. The second kappa shape index (κ2) is 8.63. The van der Waals surface area contributed by atoms with Crippen LogP contribution in [0, 0.1) is 0 Å². The minimum atomic E-state index is 0. The fraction of sp³-hybridized carbons (Fsp3) is 0.375. The van der Waals surface area contributed by atoms with E-state index in [9.17, 15) is 0 Å². The average Bonchev–Trinajstić information content (AvgIpc) is 2.93. The van der Waals surface area contributed by atoms with E-state index >= 15 is 0 Å². The molecule has 0 aliphatic heterocycles. The summed E-state index contributed by atoms with van der Waals surface area (Å²) in [6.07, 6.45) is 0. The monoisotopic (exact) mass is 394 g/mol. The van der Waals surface area contributed by atoms with Crippen molar-refractivity contribution in [3.05, 3.63) is 59.7 Å². The molecule has 0 spiro atoms. The summed E-state index contributed by atoms with van der Waals surface area (Å²) in [4.78, 5) is 0. The van der Waals surface area contributed by atoms with Crippen LogP contribution in [0.3, 0.4) is 0 Å². The van der Waals surface area contributed by atoms with Gasteiger partial charge < -0.3 is 0 Å². The van der Waals surface area contributed by atoms with Crippen LogP contribution in [0.4, 0.5) is 0 Å². The molecule has 0 fully saturated rings. The van der Waals surface area contributed by atoms with Gasteiger partial charge in [-0.1, -0.05) is 39.5 Å². The summed E-state index contributed by atoms with van der Waals surface area (Å²) >= 11 is 0. The molecule has 0 atom stereocenters. The van der Waals surface area contributed by atoms with Crippen LogP contribution in [0.5, 0.6) is 0 Å². The van der Waals surface area contributed by atoms with Crippen molar-refractivity contribution in [2.45, 2.75) is 39.5 Å².